The lowest BCUT2D eigenvalue weighted by Gasteiger charge is -2.38. The zero-order valence-corrected chi connectivity index (χ0v) is 15.9. The Bertz CT molecular complexity index is 902. The lowest BCUT2D eigenvalue weighted by atomic mass is 10.0. The zero-order valence-electron chi connectivity index (χ0n) is 14.3. The van der Waals surface area contributed by atoms with Gasteiger partial charge in [0.15, 0.2) is 0 Å². The Kier molecular flexibility index (Phi) is 5.11. The molecule has 7 nitrogen and oxygen atoms in total. The number of hydrogen-bond donors (Lipinski definition) is 1. The van der Waals surface area contributed by atoms with Crippen LogP contribution in [0, 0.1) is 5.82 Å². The molecule has 0 radical (unpaired) electrons. The second kappa shape index (κ2) is 6.90. The van der Waals surface area contributed by atoms with Crippen LogP contribution >= 0.6 is 0 Å². The van der Waals surface area contributed by atoms with Crippen molar-refractivity contribution < 1.29 is 26.0 Å². The van der Waals surface area contributed by atoms with Gasteiger partial charge in [0.25, 0.3) is 0 Å². The van der Waals surface area contributed by atoms with E-state index in [2.05, 4.69) is 4.72 Å². The molecule has 2 saturated heterocycles. The number of hydrogen-bond acceptors (Lipinski definition) is 5. The number of fused-ring (bicyclic) bond motifs is 2. The van der Waals surface area contributed by atoms with E-state index in [1.807, 2.05) is 0 Å². The highest BCUT2D eigenvalue weighted by atomic mass is 32.2. The average molecular weight is 404 g/mol. The third kappa shape index (κ3) is 3.91. The van der Waals surface area contributed by atoms with Crippen LogP contribution in [-0.4, -0.2) is 57.8 Å². The molecule has 10 heteroatoms. The second-order valence-electron chi connectivity index (χ2n) is 6.89. The molecule has 2 fully saturated rings. The van der Waals surface area contributed by atoms with Gasteiger partial charge in [-0.05, 0) is 43.9 Å². The van der Waals surface area contributed by atoms with Crippen molar-refractivity contribution in [2.45, 2.75) is 47.9 Å². The number of nitrogens with one attached hydrogen (secondary N) is 1. The highest BCUT2D eigenvalue weighted by Crippen LogP contribution is 2.38. The Morgan fingerprint density at radius 3 is 2.35 bits per heavy atom. The summed E-state index contributed by atoms with van der Waals surface area (Å²) >= 11 is 0. The molecule has 2 aliphatic heterocycles. The normalized spacial score (nSPS) is 26.1. The van der Waals surface area contributed by atoms with E-state index in [0.717, 1.165) is 25.0 Å². The Balaban J connectivity index is 1.66. The van der Waals surface area contributed by atoms with E-state index in [4.69, 9.17) is 0 Å². The summed E-state index contributed by atoms with van der Waals surface area (Å²) in [5.74, 6) is -1.07. The van der Waals surface area contributed by atoms with Crippen molar-refractivity contribution in [1.82, 2.24) is 9.62 Å². The first-order valence-electron chi connectivity index (χ1n) is 8.33. The van der Waals surface area contributed by atoms with Crippen molar-refractivity contribution >= 4 is 25.8 Å². The summed E-state index contributed by atoms with van der Waals surface area (Å²) in [6.07, 6.45) is 3.43. The summed E-state index contributed by atoms with van der Waals surface area (Å²) in [5.41, 5.74) is 0. The molecule has 26 heavy (non-hydrogen) atoms. The smallest absolute Gasteiger partial charge is 0.241 e. The topological polar surface area (TPSA) is 101 Å². The van der Waals surface area contributed by atoms with Gasteiger partial charge in [-0.2, -0.15) is 0 Å². The minimum absolute atomic E-state index is 0.181. The maximum Gasteiger partial charge on any atom is 0.241 e. The van der Waals surface area contributed by atoms with Crippen molar-refractivity contribution in [1.29, 1.82) is 0 Å². The highest BCUT2D eigenvalue weighted by molar-refractivity contribution is 7.91. The van der Waals surface area contributed by atoms with Gasteiger partial charge >= 0.3 is 0 Å². The maximum absolute atomic E-state index is 13.2. The number of carbonyl (C=O) groups excluding carboxylic acids is 1. The molecule has 0 spiro atoms. The molecule has 2 heterocycles. The number of amides is 1. The van der Waals surface area contributed by atoms with Crippen molar-refractivity contribution in [2.24, 2.45) is 0 Å². The van der Waals surface area contributed by atoms with Crippen LogP contribution in [0.15, 0.2) is 29.2 Å². The fourth-order valence-electron chi connectivity index (χ4n) is 3.85. The van der Waals surface area contributed by atoms with Gasteiger partial charge in [-0.3, -0.25) is 4.79 Å². The number of sulfone groups is 1. The molecule has 0 aliphatic carbocycles. The molecular formula is C16H21FN2O5S2. The monoisotopic (exact) mass is 404 g/mol. The van der Waals surface area contributed by atoms with E-state index in [-0.39, 0.29) is 22.9 Å². The van der Waals surface area contributed by atoms with Gasteiger partial charge in [0, 0.05) is 18.3 Å². The lowest BCUT2D eigenvalue weighted by molar-refractivity contribution is -0.134. The molecular weight excluding hydrogens is 383 g/mol. The minimum atomic E-state index is -4.00. The highest BCUT2D eigenvalue weighted by Gasteiger charge is 2.45. The van der Waals surface area contributed by atoms with E-state index in [1.54, 1.807) is 4.90 Å². The summed E-state index contributed by atoms with van der Waals surface area (Å²) in [7, 11) is -7.16. The van der Waals surface area contributed by atoms with E-state index >= 15 is 0 Å². The summed E-state index contributed by atoms with van der Waals surface area (Å²) in [6.45, 7) is -0.435. The third-order valence-electron chi connectivity index (χ3n) is 5.10. The number of piperidine rings is 1. The average Bonchev–Trinajstić information content (AvgIpc) is 2.81. The number of carbonyl (C=O) groups is 1. The minimum Gasteiger partial charge on any atom is -0.336 e. The second-order valence-corrected chi connectivity index (χ2v) is 11.0. The van der Waals surface area contributed by atoms with Gasteiger partial charge in [0.2, 0.25) is 15.9 Å². The SMILES string of the molecule is CS(=O)(=O)C1CC2CCC(C1)N2C(=O)CNS(=O)(=O)c1cccc(F)c1. The molecule has 2 atom stereocenters. The fourth-order valence-corrected chi connectivity index (χ4v) is 6.00. The van der Waals surface area contributed by atoms with Crippen LogP contribution in [0.25, 0.3) is 0 Å². The van der Waals surface area contributed by atoms with Crippen LogP contribution in [0.3, 0.4) is 0 Å². The molecule has 1 aromatic rings. The summed E-state index contributed by atoms with van der Waals surface area (Å²) in [5, 5.41) is -0.451. The lowest BCUT2D eigenvalue weighted by Crippen LogP contribution is -2.52. The molecule has 2 unspecified atom stereocenters. The zero-order chi connectivity index (χ0) is 19.1. The van der Waals surface area contributed by atoms with E-state index < -0.39 is 37.5 Å². The molecule has 1 N–H and O–H groups in total. The van der Waals surface area contributed by atoms with Crippen LogP contribution < -0.4 is 4.72 Å². The molecule has 3 rings (SSSR count). The quantitative estimate of drug-likeness (QED) is 0.777. The van der Waals surface area contributed by atoms with Crippen LogP contribution in [0.2, 0.25) is 0 Å². The van der Waals surface area contributed by atoms with Crippen molar-refractivity contribution in [2.75, 3.05) is 12.8 Å². The van der Waals surface area contributed by atoms with Gasteiger partial charge in [-0.1, -0.05) is 6.07 Å². The first kappa shape index (κ1) is 19.2. The molecule has 2 aliphatic rings. The number of rotatable bonds is 5. The maximum atomic E-state index is 13.2. The number of benzene rings is 1. The molecule has 144 valence electrons. The van der Waals surface area contributed by atoms with Crippen molar-refractivity contribution in [3.05, 3.63) is 30.1 Å². The number of nitrogens with zero attached hydrogens (tertiary/aromatic N) is 1. The van der Waals surface area contributed by atoms with Gasteiger partial charge in [-0.25, -0.2) is 25.9 Å². The molecule has 2 bridgehead atoms. The van der Waals surface area contributed by atoms with Crippen LogP contribution in [0.1, 0.15) is 25.7 Å². The Hall–Kier alpha value is -1.52. The van der Waals surface area contributed by atoms with Crippen LogP contribution in [0.5, 0.6) is 0 Å². The Labute approximate surface area is 152 Å². The summed E-state index contributed by atoms with van der Waals surface area (Å²) < 4.78 is 63.4. The molecule has 1 aromatic carbocycles. The van der Waals surface area contributed by atoms with Crippen LogP contribution in [-0.2, 0) is 24.7 Å². The Morgan fingerprint density at radius 2 is 1.81 bits per heavy atom. The summed E-state index contributed by atoms with van der Waals surface area (Å²) in [4.78, 5) is 13.9. The van der Waals surface area contributed by atoms with Gasteiger partial charge in [-0.15, -0.1) is 0 Å². The third-order valence-corrected chi connectivity index (χ3v) is 8.10. The van der Waals surface area contributed by atoms with Gasteiger partial charge in [0.1, 0.15) is 15.7 Å². The largest absolute Gasteiger partial charge is 0.336 e. The van der Waals surface area contributed by atoms with Crippen molar-refractivity contribution in [3.63, 3.8) is 0 Å². The predicted molar refractivity (Wildman–Crippen MR) is 93.1 cm³/mol. The molecule has 0 aromatic heterocycles. The first-order chi connectivity index (χ1) is 12.1. The van der Waals surface area contributed by atoms with E-state index in [0.29, 0.717) is 12.8 Å². The van der Waals surface area contributed by atoms with Gasteiger partial charge in [0.05, 0.1) is 16.7 Å². The Morgan fingerprint density at radius 1 is 1.19 bits per heavy atom. The number of sulfonamides is 1. The van der Waals surface area contributed by atoms with E-state index in [1.165, 1.54) is 18.4 Å². The van der Waals surface area contributed by atoms with E-state index in [9.17, 15) is 26.0 Å². The van der Waals surface area contributed by atoms with Gasteiger partial charge < -0.3 is 4.90 Å². The fraction of sp³-hybridized carbons (Fsp3) is 0.562. The van der Waals surface area contributed by atoms with Crippen LogP contribution in [0.4, 0.5) is 4.39 Å². The molecule has 0 saturated carbocycles. The molecule has 1 amide bonds. The predicted octanol–water partition coefficient (Wildman–Crippen LogP) is 0.671. The standard InChI is InChI=1S/C16H21FN2O5S2/c1-25(21,22)15-8-12-5-6-13(9-15)19(12)16(20)10-18-26(23,24)14-4-2-3-11(17)7-14/h2-4,7,12-13,15,18H,5-6,8-10H2,1H3. The first-order valence-corrected chi connectivity index (χ1v) is 11.8. The summed E-state index contributed by atoms with van der Waals surface area (Å²) in [6, 6.07) is 4.18. The van der Waals surface area contributed by atoms with Crippen molar-refractivity contribution in [3.8, 4) is 0 Å². The number of halogens is 1.